The number of nitrogens with one attached hydrogen (secondary N) is 1. The minimum absolute atomic E-state index is 0.211. The van der Waals surface area contributed by atoms with Crippen molar-refractivity contribution in [2.24, 2.45) is 5.92 Å². The highest BCUT2D eigenvalue weighted by atomic mass is 35.5. The number of rotatable bonds is 13. The Morgan fingerprint density at radius 2 is 1.76 bits per heavy atom. The molecule has 9 nitrogen and oxygen atoms in total. The van der Waals surface area contributed by atoms with Gasteiger partial charge in [0.05, 0.1) is 30.9 Å². The fraction of sp³-hybridized carbons (Fsp3) is 0.395. The number of carbonyl (C=O) groups excluding carboxylic acids is 2. The second-order valence-electron chi connectivity index (χ2n) is 12.8. The number of hydrogen-bond acceptors (Lipinski definition) is 10. The summed E-state index contributed by atoms with van der Waals surface area (Å²) in [6, 6.07) is 17.0. The van der Waals surface area contributed by atoms with Gasteiger partial charge in [-0.2, -0.15) is 0 Å². The maximum Gasteiger partial charge on any atom is 0.348 e. The second kappa shape index (κ2) is 16.1. The molecule has 1 aliphatic heterocycles. The minimum atomic E-state index is -0.964. The van der Waals surface area contributed by atoms with Crippen LogP contribution in [0.2, 0.25) is 10.0 Å². The van der Waals surface area contributed by atoms with Crippen LogP contribution in [0.1, 0.15) is 62.2 Å². The molecule has 2 atom stereocenters. The van der Waals surface area contributed by atoms with Crippen LogP contribution in [-0.2, 0) is 39.2 Å². The Balaban J connectivity index is 1.18. The maximum absolute atomic E-state index is 13.9. The monoisotopic (exact) mass is 737 g/mol. The molecule has 0 saturated carbocycles. The van der Waals surface area contributed by atoms with Crippen molar-refractivity contribution >= 4 is 46.5 Å². The highest BCUT2D eigenvalue weighted by Crippen LogP contribution is 2.40. The molecule has 264 valence electrons. The first-order valence-corrected chi connectivity index (χ1v) is 18.3. The SMILES string of the molecule is COc1ccc([C@H](Cc2c(Cl)cncc2Cl)OC(=O)c2ccc(CNC3(C(=O)OCC4CCN(C)CC4)CCc4ccccc43)s2)cc1OC. The van der Waals surface area contributed by atoms with Gasteiger partial charge in [-0.25, -0.2) is 9.59 Å². The second-order valence-corrected chi connectivity index (χ2v) is 14.8. The largest absolute Gasteiger partial charge is 0.493 e. The molecule has 12 heteroatoms. The molecule has 1 saturated heterocycles. The average molecular weight is 739 g/mol. The zero-order chi connectivity index (χ0) is 35.3. The molecular weight excluding hydrogens is 697 g/mol. The molecule has 2 aliphatic rings. The number of likely N-dealkylation sites (tertiary alicyclic amines) is 1. The molecule has 6 rings (SSSR count). The summed E-state index contributed by atoms with van der Waals surface area (Å²) < 4.78 is 23.1. The molecule has 0 radical (unpaired) electrons. The molecule has 4 aromatic rings. The van der Waals surface area contributed by atoms with Crippen molar-refractivity contribution in [3.05, 3.63) is 109 Å². The van der Waals surface area contributed by atoms with E-state index in [9.17, 15) is 9.59 Å². The van der Waals surface area contributed by atoms with Crippen LogP contribution in [0.25, 0.3) is 0 Å². The zero-order valence-electron chi connectivity index (χ0n) is 28.4. The van der Waals surface area contributed by atoms with E-state index in [1.807, 2.05) is 30.3 Å². The van der Waals surface area contributed by atoms with Gasteiger partial charge in [-0.3, -0.25) is 10.3 Å². The van der Waals surface area contributed by atoms with Crippen LogP contribution in [0.15, 0.2) is 67.0 Å². The molecule has 1 N–H and O–H groups in total. The van der Waals surface area contributed by atoms with Gasteiger partial charge >= 0.3 is 11.9 Å². The van der Waals surface area contributed by atoms with Gasteiger partial charge in [0.1, 0.15) is 16.5 Å². The van der Waals surface area contributed by atoms with Crippen molar-refractivity contribution in [2.75, 3.05) is 41.0 Å². The highest BCUT2D eigenvalue weighted by molar-refractivity contribution is 7.13. The number of fused-ring (bicyclic) bond motifs is 1. The van der Waals surface area contributed by atoms with Crippen molar-refractivity contribution in [2.45, 2.75) is 50.3 Å². The molecule has 0 spiro atoms. The first kappa shape index (κ1) is 36.1. The number of aryl methyl sites for hydroxylation is 1. The zero-order valence-corrected chi connectivity index (χ0v) is 30.7. The summed E-state index contributed by atoms with van der Waals surface area (Å²) in [5.41, 5.74) is 2.42. The number of piperidine rings is 1. The molecular formula is C38H41Cl2N3O6S. The number of esters is 2. The van der Waals surface area contributed by atoms with Gasteiger partial charge in [0.2, 0.25) is 0 Å². The van der Waals surface area contributed by atoms with Crippen molar-refractivity contribution in [3.8, 4) is 11.5 Å². The van der Waals surface area contributed by atoms with Crippen molar-refractivity contribution in [1.82, 2.24) is 15.2 Å². The van der Waals surface area contributed by atoms with Gasteiger partial charge in [0.25, 0.3) is 0 Å². The lowest BCUT2D eigenvalue weighted by molar-refractivity contribution is -0.154. The summed E-state index contributed by atoms with van der Waals surface area (Å²) in [4.78, 5) is 35.3. The van der Waals surface area contributed by atoms with E-state index in [0.29, 0.717) is 63.0 Å². The highest BCUT2D eigenvalue weighted by Gasteiger charge is 2.46. The number of aromatic nitrogens is 1. The third kappa shape index (κ3) is 7.95. The number of thiophene rings is 1. The predicted molar refractivity (Wildman–Crippen MR) is 194 cm³/mol. The number of ether oxygens (including phenoxy) is 4. The van der Waals surface area contributed by atoms with Crippen molar-refractivity contribution < 1.29 is 28.5 Å². The third-order valence-corrected chi connectivity index (χ3v) is 11.4. The third-order valence-electron chi connectivity index (χ3n) is 9.68. The Labute approximate surface area is 306 Å². The van der Waals surface area contributed by atoms with E-state index in [1.165, 1.54) is 23.7 Å². The molecule has 1 aliphatic carbocycles. The summed E-state index contributed by atoms with van der Waals surface area (Å²) in [5.74, 6) is 0.660. The van der Waals surface area contributed by atoms with E-state index in [0.717, 1.165) is 48.4 Å². The van der Waals surface area contributed by atoms with Crippen molar-refractivity contribution in [3.63, 3.8) is 0 Å². The van der Waals surface area contributed by atoms with E-state index >= 15 is 0 Å². The molecule has 0 amide bonds. The standard InChI is InChI=1S/C38H41Cl2N3O6S/c1-43-16-13-24(14-17-43)23-48-37(45)38(15-12-25-6-4-5-7-29(25)38)42-20-27-9-11-35(50-27)36(44)49-33(19-28-30(39)21-41-22-31(28)40)26-8-10-32(46-2)34(18-26)47-3/h4-11,18,21-22,24,33,42H,12-17,19-20,23H2,1-3H3/t33-,38?/m0/s1. The fourth-order valence-electron chi connectivity index (χ4n) is 6.73. The Kier molecular flexibility index (Phi) is 11.7. The number of nitrogens with zero attached hydrogens (tertiary/aromatic N) is 2. The van der Waals surface area contributed by atoms with Gasteiger partial charge in [-0.1, -0.05) is 53.5 Å². The van der Waals surface area contributed by atoms with Gasteiger partial charge < -0.3 is 23.8 Å². The number of halogens is 2. The molecule has 2 aromatic heterocycles. The van der Waals surface area contributed by atoms with Crippen LogP contribution in [0.4, 0.5) is 0 Å². The van der Waals surface area contributed by atoms with E-state index in [4.69, 9.17) is 42.1 Å². The van der Waals surface area contributed by atoms with Crippen LogP contribution in [0, 0.1) is 5.92 Å². The molecule has 2 aromatic carbocycles. The average Bonchev–Trinajstić information content (AvgIpc) is 3.77. The topological polar surface area (TPSA) is 99.2 Å². The van der Waals surface area contributed by atoms with Crippen LogP contribution in [-0.4, -0.2) is 62.8 Å². The Morgan fingerprint density at radius 3 is 2.50 bits per heavy atom. The first-order chi connectivity index (χ1) is 24.2. The number of pyridine rings is 1. The predicted octanol–water partition coefficient (Wildman–Crippen LogP) is 7.42. The molecule has 1 fully saturated rings. The van der Waals surface area contributed by atoms with Gasteiger partial charge in [0.15, 0.2) is 11.5 Å². The van der Waals surface area contributed by atoms with Crippen LogP contribution < -0.4 is 14.8 Å². The van der Waals surface area contributed by atoms with E-state index in [-0.39, 0.29) is 12.4 Å². The van der Waals surface area contributed by atoms with E-state index in [1.54, 1.807) is 32.4 Å². The number of methoxy groups -OCH3 is 2. The molecule has 3 heterocycles. The summed E-state index contributed by atoms with van der Waals surface area (Å²) in [7, 11) is 5.23. The van der Waals surface area contributed by atoms with Crippen LogP contribution in [0.5, 0.6) is 11.5 Å². The first-order valence-electron chi connectivity index (χ1n) is 16.7. The lowest BCUT2D eigenvalue weighted by Gasteiger charge is -2.32. The summed E-state index contributed by atoms with van der Waals surface area (Å²) >= 11 is 14.3. The molecule has 0 bridgehead atoms. The van der Waals surface area contributed by atoms with Crippen LogP contribution >= 0.6 is 34.5 Å². The number of carbonyl (C=O) groups is 2. The lowest BCUT2D eigenvalue weighted by atomic mass is 9.91. The Bertz CT molecular complexity index is 1810. The van der Waals surface area contributed by atoms with Gasteiger partial charge in [-0.05, 0) is 98.3 Å². The quantitative estimate of drug-likeness (QED) is 0.141. The Hall–Kier alpha value is -3.67. The van der Waals surface area contributed by atoms with E-state index < -0.39 is 17.6 Å². The lowest BCUT2D eigenvalue weighted by Crippen LogP contribution is -2.48. The molecule has 50 heavy (non-hydrogen) atoms. The maximum atomic E-state index is 13.9. The smallest absolute Gasteiger partial charge is 0.348 e. The van der Waals surface area contributed by atoms with E-state index in [2.05, 4.69) is 28.3 Å². The molecule has 1 unspecified atom stereocenters. The Morgan fingerprint density at radius 1 is 1.02 bits per heavy atom. The summed E-state index contributed by atoms with van der Waals surface area (Å²) in [6.07, 6.45) is 5.89. The van der Waals surface area contributed by atoms with Crippen LogP contribution in [0.3, 0.4) is 0 Å². The number of hydrogen-bond donors (Lipinski definition) is 1. The van der Waals surface area contributed by atoms with Crippen molar-refractivity contribution in [1.29, 1.82) is 0 Å². The fourth-order valence-corrected chi connectivity index (χ4v) is 8.08. The number of benzene rings is 2. The normalized spacial score (nSPS) is 18.3. The van der Waals surface area contributed by atoms with Gasteiger partial charge in [-0.15, -0.1) is 11.3 Å². The summed E-state index contributed by atoms with van der Waals surface area (Å²) in [5, 5.41) is 4.31. The minimum Gasteiger partial charge on any atom is -0.493 e. The van der Waals surface area contributed by atoms with Gasteiger partial charge in [0, 0.05) is 30.2 Å². The summed E-state index contributed by atoms with van der Waals surface area (Å²) in [6.45, 7) is 2.82.